The Morgan fingerprint density at radius 2 is 1.75 bits per heavy atom. The van der Waals surface area contributed by atoms with Gasteiger partial charge in [0.25, 0.3) is 5.91 Å². The van der Waals surface area contributed by atoms with Crippen molar-refractivity contribution in [2.24, 2.45) is 5.92 Å². The quantitative estimate of drug-likeness (QED) is 0.834. The van der Waals surface area contributed by atoms with Crippen molar-refractivity contribution >= 4 is 17.5 Å². The van der Waals surface area contributed by atoms with E-state index in [9.17, 15) is 9.59 Å². The van der Waals surface area contributed by atoms with Gasteiger partial charge >= 0.3 is 0 Å². The van der Waals surface area contributed by atoms with Gasteiger partial charge in [-0.3, -0.25) is 9.59 Å². The minimum absolute atomic E-state index is 0.0676. The number of hydrogen-bond acceptors (Lipinski definition) is 2. The summed E-state index contributed by atoms with van der Waals surface area (Å²) >= 11 is 0. The molecule has 1 N–H and O–H groups in total. The van der Waals surface area contributed by atoms with Crippen molar-refractivity contribution in [3.05, 3.63) is 65.2 Å². The molecule has 4 heteroatoms. The van der Waals surface area contributed by atoms with Crippen LogP contribution in [0.1, 0.15) is 60.0 Å². The van der Waals surface area contributed by atoms with Gasteiger partial charge in [-0.25, -0.2) is 0 Å². The summed E-state index contributed by atoms with van der Waals surface area (Å²) in [5.41, 5.74) is 3.96. The fraction of sp³-hybridized carbons (Fsp3) is 0.417. The first-order valence-electron chi connectivity index (χ1n) is 10.4. The lowest BCUT2D eigenvalue weighted by atomic mass is 9.87. The summed E-state index contributed by atoms with van der Waals surface area (Å²) in [5.74, 6) is 0.711. The number of anilines is 1. The van der Waals surface area contributed by atoms with E-state index in [1.807, 2.05) is 47.4 Å². The SMILES string of the molecule is O=C(CC1CCCCC1)Nc1ccc2c(c1)CN(C(=O)c1ccccc1)CC2. The molecule has 4 nitrogen and oxygen atoms in total. The topological polar surface area (TPSA) is 49.4 Å². The van der Waals surface area contributed by atoms with Gasteiger partial charge in [-0.05, 0) is 60.6 Å². The molecule has 2 amide bonds. The van der Waals surface area contributed by atoms with Crippen molar-refractivity contribution in [3.8, 4) is 0 Å². The van der Waals surface area contributed by atoms with Crippen LogP contribution in [0.15, 0.2) is 48.5 Å². The number of nitrogens with zero attached hydrogens (tertiary/aromatic N) is 1. The Morgan fingerprint density at radius 3 is 2.54 bits per heavy atom. The van der Waals surface area contributed by atoms with Crippen LogP contribution >= 0.6 is 0 Å². The van der Waals surface area contributed by atoms with E-state index in [0.717, 1.165) is 29.8 Å². The maximum absolute atomic E-state index is 12.7. The van der Waals surface area contributed by atoms with E-state index < -0.39 is 0 Å². The van der Waals surface area contributed by atoms with Gasteiger partial charge in [0.15, 0.2) is 0 Å². The molecule has 0 unspecified atom stereocenters. The number of carbonyl (C=O) groups excluding carboxylic acids is 2. The van der Waals surface area contributed by atoms with Crippen LogP contribution in [-0.4, -0.2) is 23.3 Å². The lowest BCUT2D eigenvalue weighted by Crippen LogP contribution is -2.36. The maximum atomic E-state index is 12.7. The van der Waals surface area contributed by atoms with Crippen LogP contribution < -0.4 is 5.32 Å². The van der Waals surface area contributed by atoms with E-state index in [4.69, 9.17) is 0 Å². The number of benzene rings is 2. The third-order valence-electron chi connectivity index (χ3n) is 6.01. The summed E-state index contributed by atoms with van der Waals surface area (Å²) in [7, 11) is 0. The van der Waals surface area contributed by atoms with Crippen LogP contribution in [0.4, 0.5) is 5.69 Å². The van der Waals surface area contributed by atoms with Crippen molar-refractivity contribution < 1.29 is 9.59 Å². The Hall–Kier alpha value is -2.62. The molecule has 4 rings (SSSR count). The Labute approximate surface area is 166 Å². The summed E-state index contributed by atoms with van der Waals surface area (Å²) in [6.45, 7) is 1.32. The highest BCUT2D eigenvalue weighted by Crippen LogP contribution is 2.27. The van der Waals surface area contributed by atoms with Gasteiger partial charge in [0.1, 0.15) is 0 Å². The number of rotatable bonds is 4. The molecule has 2 aromatic rings. The van der Waals surface area contributed by atoms with Crippen LogP contribution in [0.25, 0.3) is 0 Å². The third kappa shape index (κ3) is 4.44. The first-order chi connectivity index (χ1) is 13.7. The summed E-state index contributed by atoms with van der Waals surface area (Å²) in [6, 6.07) is 15.6. The number of nitrogens with one attached hydrogen (secondary N) is 1. The minimum Gasteiger partial charge on any atom is -0.334 e. The molecule has 0 bridgehead atoms. The molecule has 146 valence electrons. The third-order valence-corrected chi connectivity index (χ3v) is 6.01. The fourth-order valence-corrected chi connectivity index (χ4v) is 4.44. The van der Waals surface area contributed by atoms with Gasteiger partial charge in [0.05, 0.1) is 0 Å². The molecule has 1 saturated carbocycles. The largest absolute Gasteiger partial charge is 0.334 e. The zero-order valence-electron chi connectivity index (χ0n) is 16.3. The molecule has 1 fully saturated rings. The number of hydrogen-bond donors (Lipinski definition) is 1. The van der Waals surface area contributed by atoms with Crippen molar-refractivity contribution in [3.63, 3.8) is 0 Å². The molecule has 0 radical (unpaired) electrons. The average Bonchev–Trinajstić information content (AvgIpc) is 2.74. The predicted octanol–water partition coefficient (Wildman–Crippen LogP) is 4.79. The van der Waals surface area contributed by atoms with Gasteiger partial charge in [-0.1, -0.05) is 43.5 Å². The Balaban J connectivity index is 1.40. The van der Waals surface area contributed by atoms with Crippen LogP contribution in [0.2, 0.25) is 0 Å². The monoisotopic (exact) mass is 376 g/mol. The molecule has 28 heavy (non-hydrogen) atoms. The van der Waals surface area contributed by atoms with E-state index in [-0.39, 0.29) is 11.8 Å². The lowest BCUT2D eigenvalue weighted by molar-refractivity contribution is -0.117. The van der Waals surface area contributed by atoms with Gasteiger partial charge in [-0.2, -0.15) is 0 Å². The summed E-state index contributed by atoms with van der Waals surface area (Å²) < 4.78 is 0. The van der Waals surface area contributed by atoms with Gasteiger partial charge < -0.3 is 10.2 Å². The van der Waals surface area contributed by atoms with Crippen LogP contribution in [0.3, 0.4) is 0 Å². The maximum Gasteiger partial charge on any atom is 0.254 e. The standard InChI is InChI=1S/C24H28N2O2/c27-23(15-18-7-3-1-4-8-18)25-22-12-11-19-13-14-26(17-21(19)16-22)24(28)20-9-5-2-6-10-20/h2,5-6,9-12,16,18H,1,3-4,7-8,13-15,17H2,(H,25,27). The highest BCUT2D eigenvalue weighted by Gasteiger charge is 2.22. The van der Waals surface area contributed by atoms with E-state index in [1.54, 1.807) is 0 Å². The Kier molecular flexibility index (Phi) is 5.75. The van der Waals surface area contributed by atoms with Crippen molar-refractivity contribution in [2.45, 2.75) is 51.5 Å². The van der Waals surface area contributed by atoms with Crippen molar-refractivity contribution in [1.29, 1.82) is 0 Å². The number of amides is 2. The second-order valence-electron chi connectivity index (χ2n) is 8.08. The second-order valence-corrected chi connectivity index (χ2v) is 8.08. The normalized spacial score (nSPS) is 17.1. The lowest BCUT2D eigenvalue weighted by Gasteiger charge is -2.29. The van der Waals surface area contributed by atoms with E-state index >= 15 is 0 Å². The van der Waals surface area contributed by atoms with Crippen molar-refractivity contribution in [2.75, 3.05) is 11.9 Å². The van der Waals surface area contributed by atoms with E-state index in [0.29, 0.717) is 18.9 Å². The molecule has 2 aliphatic rings. The van der Waals surface area contributed by atoms with Gasteiger partial charge in [-0.15, -0.1) is 0 Å². The molecular weight excluding hydrogens is 348 g/mol. The Bertz CT molecular complexity index is 841. The van der Waals surface area contributed by atoms with Crippen LogP contribution in [0, 0.1) is 5.92 Å². The molecule has 0 spiro atoms. The molecule has 0 atom stereocenters. The van der Waals surface area contributed by atoms with E-state index in [2.05, 4.69) is 11.4 Å². The summed E-state index contributed by atoms with van der Waals surface area (Å²) in [4.78, 5) is 27.1. The van der Waals surface area contributed by atoms with Gasteiger partial charge in [0, 0.05) is 30.8 Å². The molecule has 0 saturated heterocycles. The molecule has 1 aliphatic carbocycles. The minimum atomic E-state index is 0.0676. The molecule has 1 aliphatic heterocycles. The fourth-order valence-electron chi connectivity index (χ4n) is 4.44. The molecular formula is C24H28N2O2. The zero-order valence-corrected chi connectivity index (χ0v) is 16.3. The first-order valence-corrected chi connectivity index (χ1v) is 10.4. The molecule has 0 aromatic heterocycles. The average molecular weight is 377 g/mol. The zero-order chi connectivity index (χ0) is 19.3. The van der Waals surface area contributed by atoms with Crippen LogP contribution in [-0.2, 0) is 17.8 Å². The summed E-state index contributed by atoms with van der Waals surface area (Å²) in [5, 5.41) is 3.07. The number of carbonyl (C=O) groups is 2. The molecule has 1 heterocycles. The second kappa shape index (κ2) is 8.59. The highest BCUT2D eigenvalue weighted by atomic mass is 16.2. The summed E-state index contributed by atoms with van der Waals surface area (Å²) in [6.07, 6.45) is 7.63. The smallest absolute Gasteiger partial charge is 0.254 e. The van der Waals surface area contributed by atoms with Crippen LogP contribution in [0.5, 0.6) is 0 Å². The molecule has 2 aromatic carbocycles. The van der Waals surface area contributed by atoms with Crippen molar-refractivity contribution in [1.82, 2.24) is 4.90 Å². The Morgan fingerprint density at radius 1 is 0.964 bits per heavy atom. The predicted molar refractivity (Wildman–Crippen MR) is 111 cm³/mol. The highest BCUT2D eigenvalue weighted by molar-refractivity contribution is 5.94. The first kappa shape index (κ1) is 18.7. The number of fused-ring (bicyclic) bond motifs is 1. The van der Waals surface area contributed by atoms with Gasteiger partial charge in [0.2, 0.25) is 5.91 Å². The van der Waals surface area contributed by atoms with E-state index in [1.165, 1.54) is 37.7 Å².